The number of sulfonamides is 1. The number of halogens is 1. The van der Waals surface area contributed by atoms with Crippen LogP contribution in [-0.4, -0.2) is 40.0 Å². The van der Waals surface area contributed by atoms with Gasteiger partial charge >= 0.3 is 0 Å². The van der Waals surface area contributed by atoms with Crippen molar-refractivity contribution in [1.29, 1.82) is 0 Å². The van der Waals surface area contributed by atoms with E-state index in [0.29, 0.717) is 0 Å². The van der Waals surface area contributed by atoms with E-state index in [2.05, 4.69) is 15.4 Å². The topological polar surface area (TPSA) is 87.3 Å². The minimum Gasteiger partial charge on any atom is -0.353 e. The van der Waals surface area contributed by atoms with Gasteiger partial charge in [0.25, 0.3) is 0 Å². The molecule has 0 spiro atoms. The Labute approximate surface area is 137 Å². The Bertz CT molecular complexity index is 584. The van der Waals surface area contributed by atoms with E-state index in [-0.39, 0.29) is 42.3 Å². The van der Waals surface area contributed by atoms with Gasteiger partial charge in [0.05, 0.1) is 10.9 Å². The molecule has 2 rings (SSSR count). The van der Waals surface area contributed by atoms with Gasteiger partial charge in [-0.3, -0.25) is 4.79 Å². The minimum absolute atomic E-state index is 0. The highest BCUT2D eigenvalue weighted by atomic mass is 35.5. The van der Waals surface area contributed by atoms with E-state index in [1.807, 2.05) is 6.92 Å². The van der Waals surface area contributed by atoms with Crippen LogP contribution in [0.1, 0.15) is 18.4 Å². The van der Waals surface area contributed by atoms with Crippen LogP contribution in [0, 0.1) is 6.92 Å². The number of amides is 1. The molecule has 1 heterocycles. The van der Waals surface area contributed by atoms with Gasteiger partial charge in [-0.1, -0.05) is 17.7 Å². The van der Waals surface area contributed by atoms with Crippen LogP contribution in [0.3, 0.4) is 0 Å². The Morgan fingerprint density at radius 1 is 1.27 bits per heavy atom. The van der Waals surface area contributed by atoms with Crippen molar-refractivity contribution in [2.24, 2.45) is 0 Å². The molecule has 0 aliphatic carbocycles. The number of hydrogen-bond acceptors (Lipinski definition) is 4. The largest absolute Gasteiger partial charge is 0.353 e. The maximum atomic E-state index is 12.0. The summed E-state index contributed by atoms with van der Waals surface area (Å²) in [5, 5.41) is 5.82. The molecule has 1 fully saturated rings. The van der Waals surface area contributed by atoms with Crippen molar-refractivity contribution in [3.8, 4) is 0 Å². The van der Waals surface area contributed by atoms with Crippen LogP contribution in [0.2, 0.25) is 0 Å². The lowest BCUT2D eigenvalue weighted by atomic mass is 10.2. The molecule has 22 heavy (non-hydrogen) atoms. The molecular formula is C14H22ClN3O3S. The van der Waals surface area contributed by atoms with Crippen LogP contribution >= 0.6 is 12.4 Å². The Morgan fingerprint density at radius 2 is 1.95 bits per heavy atom. The molecule has 1 aromatic rings. The number of carbonyl (C=O) groups is 1. The maximum Gasteiger partial charge on any atom is 0.240 e. The monoisotopic (exact) mass is 347 g/mol. The lowest BCUT2D eigenvalue weighted by Crippen LogP contribution is -2.43. The third kappa shape index (κ3) is 5.24. The maximum absolute atomic E-state index is 12.0. The fraction of sp³-hybridized carbons (Fsp3) is 0.500. The van der Waals surface area contributed by atoms with Crippen molar-refractivity contribution in [3.05, 3.63) is 29.8 Å². The smallest absolute Gasteiger partial charge is 0.240 e. The first-order chi connectivity index (χ1) is 9.99. The van der Waals surface area contributed by atoms with Gasteiger partial charge in [0, 0.05) is 13.1 Å². The van der Waals surface area contributed by atoms with Gasteiger partial charge in [0.1, 0.15) is 0 Å². The van der Waals surface area contributed by atoms with Crippen molar-refractivity contribution in [1.82, 2.24) is 15.4 Å². The molecule has 1 aromatic carbocycles. The number of hydrogen-bond donors (Lipinski definition) is 3. The summed E-state index contributed by atoms with van der Waals surface area (Å²) in [5.74, 6) is -0.0676. The van der Waals surface area contributed by atoms with Gasteiger partial charge in [-0.15, -0.1) is 12.4 Å². The zero-order chi connectivity index (χ0) is 15.3. The van der Waals surface area contributed by atoms with Crippen LogP contribution < -0.4 is 15.4 Å². The second-order valence-corrected chi connectivity index (χ2v) is 6.92. The lowest BCUT2D eigenvalue weighted by Gasteiger charge is -2.11. The molecule has 1 saturated heterocycles. The normalized spacial score (nSPS) is 17.8. The van der Waals surface area contributed by atoms with E-state index in [4.69, 9.17) is 0 Å². The predicted octanol–water partition coefficient (Wildman–Crippen LogP) is 0.563. The molecule has 8 heteroatoms. The third-order valence-electron chi connectivity index (χ3n) is 3.42. The number of nitrogens with one attached hydrogen (secondary N) is 3. The predicted molar refractivity (Wildman–Crippen MR) is 87.6 cm³/mol. The molecule has 1 aliphatic rings. The highest BCUT2D eigenvalue weighted by molar-refractivity contribution is 7.89. The van der Waals surface area contributed by atoms with Crippen LogP contribution in [0.4, 0.5) is 0 Å². The first-order valence-corrected chi connectivity index (χ1v) is 8.55. The number of benzene rings is 1. The van der Waals surface area contributed by atoms with Gasteiger partial charge in [-0.25, -0.2) is 13.1 Å². The summed E-state index contributed by atoms with van der Waals surface area (Å²) < 4.78 is 26.5. The van der Waals surface area contributed by atoms with Crippen molar-refractivity contribution < 1.29 is 13.2 Å². The summed E-state index contributed by atoms with van der Waals surface area (Å²) in [4.78, 5) is 12.0. The fourth-order valence-corrected chi connectivity index (χ4v) is 3.24. The fourth-order valence-electron chi connectivity index (χ4n) is 2.20. The summed E-state index contributed by atoms with van der Waals surface area (Å²) in [6.45, 7) is 3.21. The molecule has 1 aliphatic heterocycles. The molecule has 6 nitrogen and oxygen atoms in total. The SMILES string of the molecule is Cc1ccc(S(=O)(=O)NCCNC(=O)C2CCCN2)cc1.Cl. The van der Waals surface area contributed by atoms with E-state index in [9.17, 15) is 13.2 Å². The third-order valence-corrected chi connectivity index (χ3v) is 4.90. The van der Waals surface area contributed by atoms with Gasteiger partial charge in [0.15, 0.2) is 0 Å². The zero-order valence-corrected chi connectivity index (χ0v) is 14.1. The van der Waals surface area contributed by atoms with Gasteiger partial charge in [-0.05, 0) is 38.4 Å². The first kappa shape index (κ1) is 18.9. The van der Waals surface area contributed by atoms with E-state index < -0.39 is 10.0 Å². The first-order valence-electron chi connectivity index (χ1n) is 7.06. The molecule has 0 radical (unpaired) electrons. The van der Waals surface area contributed by atoms with E-state index in [0.717, 1.165) is 24.9 Å². The summed E-state index contributed by atoms with van der Waals surface area (Å²) in [6.07, 6.45) is 1.83. The molecule has 0 bridgehead atoms. The number of carbonyl (C=O) groups excluding carboxylic acids is 1. The van der Waals surface area contributed by atoms with Crippen molar-refractivity contribution in [2.45, 2.75) is 30.7 Å². The molecule has 124 valence electrons. The molecule has 1 unspecified atom stereocenters. The van der Waals surface area contributed by atoms with E-state index in [1.165, 1.54) is 0 Å². The van der Waals surface area contributed by atoms with Crippen molar-refractivity contribution >= 4 is 28.3 Å². The molecule has 1 amide bonds. The summed E-state index contributed by atoms with van der Waals surface area (Å²) in [5.41, 5.74) is 1.00. The van der Waals surface area contributed by atoms with Crippen LogP contribution in [-0.2, 0) is 14.8 Å². The second kappa shape index (κ2) is 8.47. The summed E-state index contributed by atoms with van der Waals surface area (Å²) in [6, 6.07) is 6.50. The van der Waals surface area contributed by atoms with Gasteiger partial charge in [0.2, 0.25) is 15.9 Å². The van der Waals surface area contributed by atoms with E-state index in [1.54, 1.807) is 24.3 Å². The number of rotatable bonds is 6. The highest BCUT2D eigenvalue weighted by Crippen LogP contribution is 2.09. The molecule has 0 aromatic heterocycles. The molecule has 3 N–H and O–H groups in total. The van der Waals surface area contributed by atoms with Crippen molar-refractivity contribution in [2.75, 3.05) is 19.6 Å². The Morgan fingerprint density at radius 3 is 2.55 bits per heavy atom. The van der Waals surface area contributed by atoms with Crippen LogP contribution in [0.15, 0.2) is 29.2 Å². The van der Waals surface area contributed by atoms with Crippen LogP contribution in [0.5, 0.6) is 0 Å². The standard InChI is InChI=1S/C14H21N3O3S.ClH/c1-11-4-6-12(7-5-11)21(19,20)17-10-9-16-14(18)13-3-2-8-15-13;/h4-7,13,15,17H,2-3,8-10H2,1H3,(H,16,18);1H. The summed E-state index contributed by atoms with van der Waals surface area (Å²) in [7, 11) is -3.51. The minimum atomic E-state index is -3.51. The Balaban J connectivity index is 0.00000242. The molecular weight excluding hydrogens is 326 g/mol. The summed E-state index contributed by atoms with van der Waals surface area (Å²) >= 11 is 0. The van der Waals surface area contributed by atoms with Gasteiger partial charge < -0.3 is 10.6 Å². The lowest BCUT2D eigenvalue weighted by molar-refractivity contribution is -0.122. The van der Waals surface area contributed by atoms with E-state index >= 15 is 0 Å². The second-order valence-electron chi connectivity index (χ2n) is 5.15. The Kier molecular flexibility index (Phi) is 7.28. The molecule has 0 saturated carbocycles. The highest BCUT2D eigenvalue weighted by Gasteiger charge is 2.21. The average molecular weight is 348 g/mol. The number of aryl methyl sites for hydroxylation is 1. The van der Waals surface area contributed by atoms with Crippen LogP contribution in [0.25, 0.3) is 0 Å². The quantitative estimate of drug-likeness (QED) is 0.656. The van der Waals surface area contributed by atoms with Crippen molar-refractivity contribution in [3.63, 3.8) is 0 Å². The Hall–Kier alpha value is -1.15. The molecule has 1 atom stereocenters. The average Bonchev–Trinajstić information content (AvgIpc) is 2.98. The zero-order valence-electron chi connectivity index (χ0n) is 12.5. The van der Waals surface area contributed by atoms with Gasteiger partial charge in [-0.2, -0.15) is 0 Å².